The minimum Gasteiger partial charge on any atom is -0.457 e. The Balaban J connectivity index is 1.98. The van der Waals surface area contributed by atoms with Crippen LogP contribution in [0.4, 0.5) is 0 Å². The van der Waals surface area contributed by atoms with E-state index in [1.165, 1.54) is 0 Å². The zero-order valence-electron chi connectivity index (χ0n) is 12.4. The number of carbonyl (C=O) groups is 1. The molecule has 2 aromatic rings. The molecule has 0 spiro atoms. The van der Waals surface area contributed by atoms with Gasteiger partial charge in [0, 0.05) is 6.54 Å². The van der Waals surface area contributed by atoms with Crippen molar-refractivity contribution in [2.45, 2.75) is 45.8 Å². The van der Waals surface area contributed by atoms with Crippen molar-refractivity contribution in [1.82, 2.24) is 20.2 Å². The van der Waals surface area contributed by atoms with Crippen molar-refractivity contribution in [3.05, 3.63) is 41.7 Å². The monoisotopic (exact) mass is 288 g/mol. The van der Waals surface area contributed by atoms with Crippen molar-refractivity contribution in [2.75, 3.05) is 0 Å². The minimum atomic E-state index is -0.248. The van der Waals surface area contributed by atoms with Crippen molar-refractivity contribution in [1.29, 1.82) is 0 Å². The quantitative estimate of drug-likeness (QED) is 0.731. The van der Waals surface area contributed by atoms with Crippen LogP contribution in [-0.4, -0.2) is 26.2 Å². The Morgan fingerprint density at radius 3 is 2.71 bits per heavy atom. The summed E-state index contributed by atoms with van der Waals surface area (Å²) < 4.78 is 7.04. The Bertz CT molecular complexity index is 568. The number of nitrogens with zero attached hydrogens (tertiary/aromatic N) is 4. The predicted octanol–water partition coefficient (Wildman–Crippen LogP) is 2.32. The highest BCUT2D eigenvalue weighted by Crippen LogP contribution is 2.21. The molecule has 2 rings (SSSR count). The molecule has 1 aromatic carbocycles. The molecule has 21 heavy (non-hydrogen) atoms. The summed E-state index contributed by atoms with van der Waals surface area (Å²) in [5.41, 5.74) is 0.971. The third-order valence-electron chi connectivity index (χ3n) is 3.28. The summed E-state index contributed by atoms with van der Waals surface area (Å²) in [5.74, 6) is 0.0876. The Hall–Kier alpha value is -2.24. The number of rotatable bonds is 7. The molecule has 0 amide bonds. The molecule has 1 heterocycles. The van der Waals surface area contributed by atoms with E-state index in [2.05, 4.69) is 15.5 Å². The average molecular weight is 288 g/mol. The second-order valence-corrected chi connectivity index (χ2v) is 4.80. The maximum atomic E-state index is 12.2. The summed E-state index contributed by atoms with van der Waals surface area (Å²) in [6.07, 6.45) is 1.62. The lowest BCUT2D eigenvalue weighted by molar-refractivity contribution is -0.147. The van der Waals surface area contributed by atoms with Crippen LogP contribution < -0.4 is 0 Å². The largest absolute Gasteiger partial charge is 0.457 e. The van der Waals surface area contributed by atoms with E-state index in [0.29, 0.717) is 12.2 Å². The van der Waals surface area contributed by atoms with Gasteiger partial charge < -0.3 is 4.74 Å². The third kappa shape index (κ3) is 3.87. The first kappa shape index (κ1) is 15.2. The molecule has 6 heteroatoms. The van der Waals surface area contributed by atoms with E-state index in [9.17, 15) is 4.79 Å². The number of benzene rings is 1. The van der Waals surface area contributed by atoms with Gasteiger partial charge >= 0.3 is 5.97 Å². The molecule has 0 aliphatic rings. The van der Waals surface area contributed by atoms with Crippen LogP contribution in [0.15, 0.2) is 30.3 Å². The van der Waals surface area contributed by atoms with Gasteiger partial charge in [0.05, 0.1) is 5.92 Å². The molecule has 0 aliphatic carbocycles. The molecular formula is C15H20N4O2. The van der Waals surface area contributed by atoms with Crippen LogP contribution >= 0.6 is 0 Å². The van der Waals surface area contributed by atoms with E-state index in [0.717, 1.165) is 18.5 Å². The highest BCUT2D eigenvalue weighted by Gasteiger charge is 2.20. The predicted molar refractivity (Wildman–Crippen MR) is 77.4 cm³/mol. The van der Waals surface area contributed by atoms with Gasteiger partial charge in [-0.05, 0) is 28.8 Å². The molecule has 112 valence electrons. The lowest BCUT2D eigenvalue weighted by Crippen LogP contribution is -2.17. The van der Waals surface area contributed by atoms with E-state index < -0.39 is 0 Å². The van der Waals surface area contributed by atoms with E-state index in [1.54, 1.807) is 4.68 Å². The molecule has 1 aromatic heterocycles. The van der Waals surface area contributed by atoms with Gasteiger partial charge in [0.25, 0.3) is 0 Å². The second-order valence-electron chi connectivity index (χ2n) is 4.80. The number of tetrazole rings is 1. The molecule has 0 radical (unpaired) electrons. The number of ether oxygens (including phenoxy) is 1. The first-order valence-corrected chi connectivity index (χ1v) is 7.22. The van der Waals surface area contributed by atoms with Crippen molar-refractivity contribution in [3.8, 4) is 0 Å². The highest BCUT2D eigenvalue weighted by molar-refractivity contribution is 5.78. The van der Waals surface area contributed by atoms with Crippen LogP contribution in [-0.2, 0) is 22.7 Å². The summed E-state index contributed by atoms with van der Waals surface area (Å²) in [5, 5.41) is 11.4. The molecule has 0 saturated carbocycles. The minimum absolute atomic E-state index is 0.106. The number of aryl methyl sites for hydroxylation is 1. The van der Waals surface area contributed by atoms with Gasteiger partial charge in [-0.2, -0.15) is 0 Å². The van der Waals surface area contributed by atoms with Crippen LogP contribution in [0.1, 0.15) is 44.0 Å². The first-order valence-electron chi connectivity index (χ1n) is 7.22. The SMILES string of the molecule is CCCn1nnnc1COC(=O)C(CC)c1ccccc1. The van der Waals surface area contributed by atoms with Gasteiger partial charge in [-0.3, -0.25) is 4.79 Å². The molecule has 0 N–H and O–H groups in total. The third-order valence-corrected chi connectivity index (χ3v) is 3.28. The molecule has 0 fully saturated rings. The fourth-order valence-electron chi connectivity index (χ4n) is 2.17. The zero-order valence-corrected chi connectivity index (χ0v) is 12.4. The summed E-state index contributed by atoms with van der Waals surface area (Å²) in [7, 11) is 0. The summed E-state index contributed by atoms with van der Waals surface area (Å²) in [4.78, 5) is 12.2. The number of carbonyl (C=O) groups excluding carboxylic acids is 1. The summed E-state index contributed by atoms with van der Waals surface area (Å²) >= 11 is 0. The smallest absolute Gasteiger partial charge is 0.313 e. The van der Waals surface area contributed by atoms with Crippen LogP contribution in [0.5, 0.6) is 0 Å². The van der Waals surface area contributed by atoms with Gasteiger partial charge in [0.15, 0.2) is 12.4 Å². The maximum absolute atomic E-state index is 12.2. The number of esters is 1. The number of hydrogen-bond acceptors (Lipinski definition) is 5. The molecule has 0 aliphatic heterocycles. The van der Waals surface area contributed by atoms with Crippen LogP contribution in [0.25, 0.3) is 0 Å². The van der Waals surface area contributed by atoms with Gasteiger partial charge in [-0.1, -0.05) is 44.2 Å². The fraction of sp³-hybridized carbons (Fsp3) is 0.467. The molecule has 1 atom stereocenters. The second kappa shape index (κ2) is 7.52. The summed E-state index contributed by atoms with van der Waals surface area (Å²) in [6.45, 7) is 4.84. The molecule has 0 saturated heterocycles. The lowest BCUT2D eigenvalue weighted by Gasteiger charge is -2.14. The Morgan fingerprint density at radius 1 is 1.29 bits per heavy atom. The van der Waals surface area contributed by atoms with E-state index >= 15 is 0 Å². The standard InChI is InChI=1S/C15H20N4O2/c1-3-10-19-14(16-17-18-19)11-21-15(20)13(4-2)12-8-6-5-7-9-12/h5-9,13H,3-4,10-11H2,1-2H3. The van der Waals surface area contributed by atoms with Gasteiger partial charge in [0.1, 0.15) is 0 Å². The van der Waals surface area contributed by atoms with E-state index in [1.807, 2.05) is 44.2 Å². The van der Waals surface area contributed by atoms with Crippen molar-refractivity contribution in [3.63, 3.8) is 0 Å². The van der Waals surface area contributed by atoms with Gasteiger partial charge in [-0.15, -0.1) is 5.10 Å². The van der Waals surface area contributed by atoms with Gasteiger partial charge in [0.2, 0.25) is 0 Å². The molecule has 0 bridgehead atoms. The highest BCUT2D eigenvalue weighted by atomic mass is 16.5. The Kier molecular flexibility index (Phi) is 5.43. The van der Waals surface area contributed by atoms with Crippen molar-refractivity contribution < 1.29 is 9.53 Å². The maximum Gasteiger partial charge on any atom is 0.313 e. The lowest BCUT2D eigenvalue weighted by atomic mass is 9.97. The van der Waals surface area contributed by atoms with Crippen molar-refractivity contribution >= 4 is 5.97 Å². The normalized spacial score (nSPS) is 12.1. The average Bonchev–Trinajstić information content (AvgIpc) is 2.95. The van der Waals surface area contributed by atoms with Crippen LogP contribution in [0, 0.1) is 0 Å². The van der Waals surface area contributed by atoms with Gasteiger partial charge in [-0.25, -0.2) is 4.68 Å². The topological polar surface area (TPSA) is 69.9 Å². The summed E-state index contributed by atoms with van der Waals surface area (Å²) in [6, 6.07) is 9.66. The van der Waals surface area contributed by atoms with Crippen LogP contribution in [0.2, 0.25) is 0 Å². The van der Waals surface area contributed by atoms with E-state index in [-0.39, 0.29) is 18.5 Å². The number of aromatic nitrogens is 4. The van der Waals surface area contributed by atoms with Crippen LogP contribution in [0.3, 0.4) is 0 Å². The first-order chi connectivity index (χ1) is 10.3. The fourth-order valence-corrected chi connectivity index (χ4v) is 2.17. The molecule has 6 nitrogen and oxygen atoms in total. The Labute approximate surface area is 124 Å². The van der Waals surface area contributed by atoms with Crippen molar-refractivity contribution in [2.24, 2.45) is 0 Å². The Morgan fingerprint density at radius 2 is 2.05 bits per heavy atom. The van der Waals surface area contributed by atoms with E-state index in [4.69, 9.17) is 4.74 Å². The molecular weight excluding hydrogens is 268 g/mol. The number of hydrogen-bond donors (Lipinski definition) is 0. The molecule has 1 unspecified atom stereocenters. The zero-order chi connectivity index (χ0) is 15.1.